The van der Waals surface area contributed by atoms with Gasteiger partial charge in [-0.25, -0.2) is 4.68 Å². The van der Waals surface area contributed by atoms with Crippen LogP contribution in [0.1, 0.15) is 40.1 Å². The van der Waals surface area contributed by atoms with E-state index in [1.165, 1.54) is 6.07 Å². The Morgan fingerprint density at radius 2 is 1.73 bits per heavy atom. The maximum Gasteiger partial charge on any atom is 0.418 e. The third-order valence-corrected chi connectivity index (χ3v) is 5.70. The van der Waals surface area contributed by atoms with Gasteiger partial charge in [-0.1, -0.05) is 40.2 Å². The third kappa shape index (κ3) is 4.85. The maximum atomic E-state index is 13.8. The molecule has 33 heavy (non-hydrogen) atoms. The second-order valence-electron chi connectivity index (χ2n) is 7.40. The molecule has 2 heterocycles. The average Bonchev–Trinajstić information content (AvgIpc) is 3.17. The van der Waals surface area contributed by atoms with E-state index in [0.29, 0.717) is 10.2 Å². The quantitative estimate of drug-likeness (QED) is 0.375. The Hall–Kier alpha value is -3.02. The van der Waals surface area contributed by atoms with Crippen LogP contribution >= 0.6 is 15.9 Å². The van der Waals surface area contributed by atoms with Gasteiger partial charge in [0.05, 0.1) is 17.3 Å². The van der Waals surface area contributed by atoms with Crippen LogP contribution in [0, 0.1) is 0 Å². The molecule has 0 fully saturated rings. The van der Waals surface area contributed by atoms with Gasteiger partial charge in [-0.05, 0) is 29.8 Å². The number of nitrogens with one attached hydrogen (secondary N) is 2. The van der Waals surface area contributed by atoms with E-state index in [2.05, 4.69) is 31.7 Å². The first kappa shape index (κ1) is 23.1. The molecule has 1 aliphatic heterocycles. The number of fused-ring (bicyclic) bond motifs is 1. The van der Waals surface area contributed by atoms with Crippen molar-refractivity contribution in [3.63, 3.8) is 0 Å². The van der Waals surface area contributed by atoms with Gasteiger partial charge >= 0.3 is 12.4 Å². The Bertz CT molecular complexity index is 1170. The summed E-state index contributed by atoms with van der Waals surface area (Å²) in [5.74, 6) is -1.12. The number of aromatic nitrogens is 2. The lowest BCUT2D eigenvalue weighted by Gasteiger charge is -2.33. The number of halogens is 7. The van der Waals surface area contributed by atoms with Gasteiger partial charge in [-0.3, -0.25) is 4.79 Å². The second kappa shape index (κ2) is 8.40. The topological polar surface area (TPSA) is 59.0 Å². The Morgan fingerprint density at radius 3 is 2.36 bits per heavy atom. The molecular weight excluding hydrogens is 518 g/mol. The number of carbonyl (C=O) groups is 1. The van der Waals surface area contributed by atoms with Crippen molar-refractivity contribution in [1.82, 2.24) is 9.78 Å². The SMILES string of the molecule is O=C(Nc1ccccc1C(F)(F)F)c1cc2n(n1)[C@H](C(F)(F)F)C[C@@H](c1ccc(Br)cc1)N2. The zero-order valence-corrected chi connectivity index (χ0v) is 18.1. The largest absolute Gasteiger partial charge is 0.418 e. The molecule has 1 amide bonds. The fraction of sp³-hybridized carbons (Fsp3) is 0.238. The van der Waals surface area contributed by atoms with E-state index >= 15 is 0 Å². The Kier molecular flexibility index (Phi) is 5.89. The number of alkyl halides is 6. The van der Waals surface area contributed by atoms with E-state index in [1.54, 1.807) is 24.3 Å². The predicted molar refractivity (Wildman–Crippen MR) is 112 cm³/mol. The molecule has 174 valence electrons. The smallest absolute Gasteiger partial charge is 0.363 e. The summed E-state index contributed by atoms with van der Waals surface area (Å²) in [6.45, 7) is 0. The fourth-order valence-corrected chi connectivity index (χ4v) is 3.89. The van der Waals surface area contributed by atoms with E-state index in [0.717, 1.165) is 28.7 Å². The minimum absolute atomic E-state index is 0.0641. The normalized spacial score (nSPS) is 18.4. The summed E-state index contributed by atoms with van der Waals surface area (Å²) in [5.41, 5.74) is -1.44. The van der Waals surface area contributed by atoms with Crippen LogP contribution in [-0.4, -0.2) is 21.9 Å². The van der Waals surface area contributed by atoms with Crippen LogP contribution in [0.25, 0.3) is 0 Å². The second-order valence-corrected chi connectivity index (χ2v) is 8.31. The lowest BCUT2D eigenvalue weighted by Crippen LogP contribution is -2.35. The summed E-state index contributed by atoms with van der Waals surface area (Å²) in [5, 5.41) is 8.79. The first-order valence-electron chi connectivity index (χ1n) is 9.59. The van der Waals surface area contributed by atoms with Gasteiger partial charge in [0.25, 0.3) is 5.91 Å². The molecule has 1 aliphatic rings. The highest BCUT2D eigenvalue weighted by Gasteiger charge is 2.47. The lowest BCUT2D eigenvalue weighted by molar-refractivity contribution is -0.173. The maximum absolute atomic E-state index is 13.8. The van der Waals surface area contributed by atoms with Gasteiger partial charge in [0.15, 0.2) is 11.7 Å². The van der Waals surface area contributed by atoms with Crippen molar-refractivity contribution in [3.8, 4) is 0 Å². The molecule has 4 rings (SSSR count). The van der Waals surface area contributed by atoms with Gasteiger partial charge in [-0.2, -0.15) is 31.4 Å². The number of rotatable bonds is 3. The summed E-state index contributed by atoms with van der Waals surface area (Å²) in [4.78, 5) is 12.6. The van der Waals surface area contributed by atoms with Gasteiger partial charge in [0.2, 0.25) is 0 Å². The van der Waals surface area contributed by atoms with Crippen molar-refractivity contribution in [3.05, 3.63) is 75.9 Å². The number of amides is 1. The molecule has 0 radical (unpaired) electrons. The van der Waals surface area contributed by atoms with Crippen LogP contribution in [0.3, 0.4) is 0 Å². The number of hydrogen-bond donors (Lipinski definition) is 2. The highest BCUT2D eigenvalue weighted by Crippen LogP contribution is 2.44. The summed E-state index contributed by atoms with van der Waals surface area (Å²) in [7, 11) is 0. The molecule has 3 aromatic rings. The van der Waals surface area contributed by atoms with E-state index in [1.807, 2.05) is 0 Å². The predicted octanol–water partition coefficient (Wildman–Crippen LogP) is 6.58. The molecule has 0 saturated heterocycles. The number of carbonyl (C=O) groups excluding carboxylic acids is 1. The van der Waals surface area contributed by atoms with Gasteiger partial charge < -0.3 is 10.6 Å². The summed E-state index contributed by atoms with van der Waals surface area (Å²) >= 11 is 3.27. The zero-order valence-electron chi connectivity index (χ0n) is 16.5. The van der Waals surface area contributed by atoms with Crippen molar-refractivity contribution >= 4 is 33.3 Å². The molecule has 0 bridgehead atoms. The fourth-order valence-electron chi connectivity index (χ4n) is 3.62. The Balaban J connectivity index is 1.65. The first-order chi connectivity index (χ1) is 15.4. The molecule has 0 spiro atoms. The molecule has 12 heteroatoms. The van der Waals surface area contributed by atoms with E-state index in [9.17, 15) is 31.1 Å². The molecule has 2 N–H and O–H groups in total. The lowest BCUT2D eigenvalue weighted by atomic mass is 9.97. The third-order valence-electron chi connectivity index (χ3n) is 5.18. The van der Waals surface area contributed by atoms with Gasteiger partial charge in [0.1, 0.15) is 5.82 Å². The number of para-hydroxylation sites is 1. The molecular formula is C21H15BrF6N4O. The molecule has 0 unspecified atom stereocenters. The molecule has 0 saturated carbocycles. The van der Waals surface area contributed by atoms with Crippen LogP contribution in [-0.2, 0) is 6.18 Å². The van der Waals surface area contributed by atoms with Crippen LogP contribution in [0.2, 0.25) is 0 Å². The first-order valence-corrected chi connectivity index (χ1v) is 10.4. The summed E-state index contributed by atoms with van der Waals surface area (Å²) in [6, 6.07) is 9.39. The molecule has 2 atom stereocenters. The van der Waals surface area contributed by atoms with Crippen molar-refractivity contribution in [2.24, 2.45) is 0 Å². The van der Waals surface area contributed by atoms with Crippen molar-refractivity contribution in [2.75, 3.05) is 10.6 Å². The number of benzene rings is 2. The van der Waals surface area contributed by atoms with Gasteiger partial charge in [0, 0.05) is 17.0 Å². The van der Waals surface area contributed by atoms with Gasteiger partial charge in [-0.15, -0.1) is 0 Å². The minimum Gasteiger partial charge on any atom is -0.363 e. The summed E-state index contributed by atoms with van der Waals surface area (Å²) < 4.78 is 82.4. The number of nitrogens with zero attached hydrogens (tertiary/aromatic N) is 2. The van der Waals surface area contributed by atoms with E-state index in [-0.39, 0.29) is 12.2 Å². The highest BCUT2D eigenvalue weighted by atomic mass is 79.9. The van der Waals surface area contributed by atoms with Crippen LogP contribution in [0.4, 0.5) is 37.8 Å². The van der Waals surface area contributed by atoms with Crippen molar-refractivity contribution < 1.29 is 31.1 Å². The Labute approximate surface area is 191 Å². The average molecular weight is 533 g/mol. The molecule has 1 aromatic heterocycles. The van der Waals surface area contributed by atoms with Crippen molar-refractivity contribution in [1.29, 1.82) is 0 Å². The standard InChI is InChI=1S/C21H15BrF6N4O/c22-12-7-5-11(6-8-12)15-9-17(21(26,27)28)32-18(29-15)10-16(31-32)19(33)30-14-4-2-1-3-13(14)20(23,24)25/h1-8,10,15,17,29H,9H2,(H,30,33)/t15-,17-/m0/s1. The van der Waals surface area contributed by atoms with Crippen molar-refractivity contribution in [2.45, 2.75) is 30.9 Å². The number of hydrogen-bond acceptors (Lipinski definition) is 3. The van der Waals surface area contributed by atoms with E-state index in [4.69, 9.17) is 0 Å². The highest BCUT2D eigenvalue weighted by molar-refractivity contribution is 9.10. The zero-order chi connectivity index (χ0) is 24.0. The van der Waals surface area contributed by atoms with Crippen LogP contribution in [0.15, 0.2) is 59.1 Å². The molecule has 2 aromatic carbocycles. The summed E-state index contributed by atoms with van der Waals surface area (Å²) in [6.07, 6.45) is -9.76. The van der Waals surface area contributed by atoms with Crippen LogP contribution < -0.4 is 10.6 Å². The monoisotopic (exact) mass is 532 g/mol. The number of anilines is 2. The van der Waals surface area contributed by atoms with E-state index < -0.39 is 47.3 Å². The Morgan fingerprint density at radius 1 is 1.06 bits per heavy atom. The molecule has 5 nitrogen and oxygen atoms in total. The van der Waals surface area contributed by atoms with Crippen LogP contribution in [0.5, 0.6) is 0 Å². The molecule has 0 aliphatic carbocycles. The minimum atomic E-state index is -4.72.